The zero-order valence-electron chi connectivity index (χ0n) is 14.9. The van der Waals surface area contributed by atoms with Gasteiger partial charge in [-0.3, -0.25) is 0 Å². The van der Waals surface area contributed by atoms with Crippen molar-refractivity contribution in [2.45, 2.75) is 72.3 Å². The van der Waals surface area contributed by atoms with E-state index in [1.807, 2.05) is 0 Å². The smallest absolute Gasteiger partial charge is 0.00724 e. The zero-order valence-corrected chi connectivity index (χ0v) is 14.9. The Labute approximate surface area is 133 Å². The van der Waals surface area contributed by atoms with E-state index in [9.17, 15) is 0 Å². The lowest BCUT2D eigenvalue weighted by Gasteiger charge is -2.38. The van der Waals surface area contributed by atoms with Crippen LogP contribution in [0.1, 0.15) is 66.2 Å². The van der Waals surface area contributed by atoms with E-state index in [0.29, 0.717) is 0 Å². The van der Waals surface area contributed by atoms with Crippen LogP contribution >= 0.6 is 0 Å². The van der Waals surface area contributed by atoms with E-state index >= 15 is 0 Å². The molecule has 0 aromatic carbocycles. The zero-order chi connectivity index (χ0) is 15.2. The largest absolute Gasteiger partial charge is 0.314 e. The second-order valence-electron chi connectivity index (χ2n) is 8.07. The van der Waals surface area contributed by atoms with Gasteiger partial charge < -0.3 is 10.2 Å². The number of nitrogens with one attached hydrogen (secondary N) is 1. The Hall–Kier alpha value is -0.0800. The van der Waals surface area contributed by atoms with Crippen LogP contribution in [0.4, 0.5) is 0 Å². The second kappa shape index (κ2) is 8.53. The lowest BCUT2D eigenvalue weighted by atomic mass is 9.77. The SMILES string of the molecule is CCCN1CCC(C(C)CC2CC(C(C)C)CCN2)CC1. The summed E-state index contributed by atoms with van der Waals surface area (Å²) in [4.78, 5) is 2.66. The molecule has 2 nitrogen and oxygen atoms in total. The fourth-order valence-electron chi connectivity index (χ4n) is 4.53. The fourth-order valence-corrected chi connectivity index (χ4v) is 4.53. The molecule has 0 radical (unpaired) electrons. The maximum atomic E-state index is 3.79. The van der Waals surface area contributed by atoms with E-state index in [0.717, 1.165) is 29.7 Å². The van der Waals surface area contributed by atoms with E-state index in [2.05, 4.69) is 37.9 Å². The predicted octanol–water partition coefficient (Wildman–Crippen LogP) is 4.16. The number of nitrogens with zero attached hydrogens (tertiary/aromatic N) is 1. The predicted molar refractivity (Wildman–Crippen MR) is 92.6 cm³/mol. The van der Waals surface area contributed by atoms with Gasteiger partial charge in [-0.15, -0.1) is 0 Å². The van der Waals surface area contributed by atoms with Crippen LogP contribution in [-0.2, 0) is 0 Å². The maximum absolute atomic E-state index is 3.79. The molecule has 2 heterocycles. The number of likely N-dealkylation sites (tertiary alicyclic amines) is 1. The average molecular weight is 295 g/mol. The van der Waals surface area contributed by atoms with E-state index in [1.165, 1.54) is 64.7 Å². The van der Waals surface area contributed by atoms with Gasteiger partial charge in [0.25, 0.3) is 0 Å². The maximum Gasteiger partial charge on any atom is 0.00724 e. The van der Waals surface area contributed by atoms with Gasteiger partial charge in [-0.05, 0) is 88.4 Å². The Bertz CT molecular complexity index is 281. The van der Waals surface area contributed by atoms with Crippen LogP contribution in [0, 0.1) is 23.7 Å². The lowest BCUT2D eigenvalue weighted by molar-refractivity contribution is 0.134. The molecule has 2 heteroatoms. The highest BCUT2D eigenvalue weighted by atomic mass is 15.1. The standard InChI is InChI=1S/C19H38N2/c1-5-10-21-11-7-17(8-12-21)16(4)13-19-14-18(15(2)3)6-9-20-19/h15-20H,5-14H2,1-4H3. The van der Waals surface area contributed by atoms with Gasteiger partial charge in [0.15, 0.2) is 0 Å². The van der Waals surface area contributed by atoms with Crippen molar-refractivity contribution in [1.29, 1.82) is 0 Å². The van der Waals surface area contributed by atoms with Crippen LogP contribution in [0.5, 0.6) is 0 Å². The first-order chi connectivity index (χ1) is 10.1. The topological polar surface area (TPSA) is 15.3 Å². The molecule has 0 amide bonds. The van der Waals surface area contributed by atoms with Gasteiger partial charge in [0.2, 0.25) is 0 Å². The van der Waals surface area contributed by atoms with Crippen molar-refractivity contribution < 1.29 is 0 Å². The molecule has 0 bridgehead atoms. The average Bonchev–Trinajstić information content (AvgIpc) is 2.48. The molecule has 1 N–H and O–H groups in total. The van der Waals surface area contributed by atoms with Gasteiger partial charge in [-0.1, -0.05) is 27.7 Å². The summed E-state index contributed by atoms with van der Waals surface area (Å²) in [6, 6.07) is 0.787. The lowest BCUT2D eigenvalue weighted by Crippen LogP contribution is -2.42. The van der Waals surface area contributed by atoms with Gasteiger partial charge in [-0.2, -0.15) is 0 Å². The summed E-state index contributed by atoms with van der Waals surface area (Å²) in [5.74, 6) is 3.69. The van der Waals surface area contributed by atoms with Gasteiger partial charge in [0, 0.05) is 6.04 Å². The highest BCUT2D eigenvalue weighted by molar-refractivity contribution is 4.84. The Morgan fingerprint density at radius 2 is 1.76 bits per heavy atom. The number of hydrogen-bond acceptors (Lipinski definition) is 2. The third kappa shape index (κ3) is 5.25. The first-order valence-electron chi connectivity index (χ1n) is 9.55. The van der Waals surface area contributed by atoms with Crippen LogP contribution in [-0.4, -0.2) is 37.1 Å². The van der Waals surface area contributed by atoms with Crippen LogP contribution in [0.15, 0.2) is 0 Å². The summed E-state index contributed by atoms with van der Waals surface area (Å²) >= 11 is 0. The fraction of sp³-hybridized carbons (Fsp3) is 1.00. The minimum Gasteiger partial charge on any atom is -0.314 e. The van der Waals surface area contributed by atoms with Crippen molar-refractivity contribution in [2.75, 3.05) is 26.2 Å². The summed E-state index contributed by atoms with van der Waals surface area (Å²) in [6.07, 6.45) is 8.38. The van der Waals surface area contributed by atoms with E-state index in [1.54, 1.807) is 0 Å². The van der Waals surface area contributed by atoms with Gasteiger partial charge in [-0.25, -0.2) is 0 Å². The molecule has 2 aliphatic heterocycles. The molecule has 0 aliphatic carbocycles. The first-order valence-corrected chi connectivity index (χ1v) is 9.55. The van der Waals surface area contributed by atoms with Crippen LogP contribution in [0.3, 0.4) is 0 Å². The monoisotopic (exact) mass is 294 g/mol. The summed E-state index contributed by atoms with van der Waals surface area (Å²) in [5, 5.41) is 3.79. The Morgan fingerprint density at radius 3 is 2.38 bits per heavy atom. The summed E-state index contributed by atoms with van der Waals surface area (Å²) in [6.45, 7) is 14.9. The number of hydrogen-bond donors (Lipinski definition) is 1. The second-order valence-corrected chi connectivity index (χ2v) is 8.07. The highest BCUT2D eigenvalue weighted by Gasteiger charge is 2.29. The number of piperidine rings is 2. The summed E-state index contributed by atoms with van der Waals surface area (Å²) in [7, 11) is 0. The van der Waals surface area contributed by atoms with Crippen LogP contribution in [0.2, 0.25) is 0 Å². The van der Waals surface area contributed by atoms with Crippen molar-refractivity contribution in [1.82, 2.24) is 10.2 Å². The summed E-state index contributed by atoms with van der Waals surface area (Å²) in [5.41, 5.74) is 0. The molecule has 2 aliphatic rings. The Morgan fingerprint density at radius 1 is 1.05 bits per heavy atom. The molecule has 0 aromatic rings. The van der Waals surface area contributed by atoms with Crippen molar-refractivity contribution in [3.8, 4) is 0 Å². The Kier molecular flexibility index (Phi) is 7.01. The van der Waals surface area contributed by atoms with Crippen molar-refractivity contribution in [2.24, 2.45) is 23.7 Å². The molecule has 3 unspecified atom stereocenters. The van der Waals surface area contributed by atoms with E-state index < -0.39 is 0 Å². The molecule has 3 atom stereocenters. The minimum absolute atomic E-state index is 0.787. The van der Waals surface area contributed by atoms with E-state index in [-0.39, 0.29) is 0 Å². The Balaban J connectivity index is 1.73. The quantitative estimate of drug-likeness (QED) is 0.791. The molecule has 0 spiro atoms. The number of rotatable bonds is 6. The molecule has 2 saturated heterocycles. The first kappa shape index (κ1) is 17.3. The minimum atomic E-state index is 0.787. The third-order valence-electron chi connectivity index (χ3n) is 6.11. The molecule has 0 saturated carbocycles. The van der Waals surface area contributed by atoms with Crippen molar-refractivity contribution in [3.05, 3.63) is 0 Å². The molecular weight excluding hydrogens is 256 g/mol. The molecule has 2 fully saturated rings. The summed E-state index contributed by atoms with van der Waals surface area (Å²) < 4.78 is 0. The molecule has 21 heavy (non-hydrogen) atoms. The molecule has 124 valence electrons. The van der Waals surface area contributed by atoms with Crippen molar-refractivity contribution >= 4 is 0 Å². The van der Waals surface area contributed by atoms with Gasteiger partial charge in [0.05, 0.1) is 0 Å². The molecule has 0 aromatic heterocycles. The van der Waals surface area contributed by atoms with Crippen LogP contribution in [0.25, 0.3) is 0 Å². The van der Waals surface area contributed by atoms with E-state index in [4.69, 9.17) is 0 Å². The van der Waals surface area contributed by atoms with Crippen molar-refractivity contribution in [3.63, 3.8) is 0 Å². The van der Waals surface area contributed by atoms with Gasteiger partial charge in [0.1, 0.15) is 0 Å². The molecule has 2 rings (SSSR count). The normalized spacial score (nSPS) is 30.7. The van der Waals surface area contributed by atoms with Crippen LogP contribution < -0.4 is 5.32 Å². The highest BCUT2D eigenvalue weighted by Crippen LogP contribution is 2.32. The molecular formula is C19H38N2. The van der Waals surface area contributed by atoms with Gasteiger partial charge >= 0.3 is 0 Å². The third-order valence-corrected chi connectivity index (χ3v) is 6.11.